The molecule has 0 amide bonds. The minimum Gasteiger partial charge on any atom is -0.507 e. The smallest absolute Gasteiger partial charge is 0.149 e. The highest BCUT2D eigenvalue weighted by Gasteiger charge is 2.13. The maximum Gasteiger partial charge on any atom is 0.149 e. The van der Waals surface area contributed by atoms with Crippen LogP contribution in [0.1, 0.15) is 0 Å². The number of aromatic amines is 1. The van der Waals surface area contributed by atoms with E-state index in [1.807, 2.05) is 12.1 Å². The number of hydrogen-bond donors (Lipinski definition) is 3. The lowest BCUT2D eigenvalue weighted by molar-refractivity contribution is 0.478. The van der Waals surface area contributed by atoms with Gasteiger partial charge in [-0.15, -0.1) is 0 Å². The molecule has 3 N–H and O–H groups in total. The number of aromatic hydroxyl groups is 2. The van der Waals surface area contributed by atoms with Crippen LogP contribution in [0.15, 0.2) is 30.5 Å². The van der Waals surface area contributed by atoms with E-state index in [2.05, 4.69) is 10.2 Å². The maximum atomic E-state index is 9.95. The Bertz CT molecular complexity index is 603. The third-order valence-electron chi connectivity index (χ3n) is 2.57. The van der Waals surface area contributed by atoms with Gasteiger partial charge < -0.3 is 10.2 Å². The second kappa shape index (κ2) is 2.63. The van der Waals surface area contributed by atoms with Crippen molar-refractivity contribution in [2.45, 2.75) is 0 Å². The van der Waals surface area contributed by atoms with Gasteiger partial charge in [-0.05, 0) is 0 Å². The van der Waals surface area contributed by atoms with E-state index < -0.39 is 0 Å². The number of fused-ring (bicyclic) bond motifs is 2. The van der Waals surface area contributed by atoms with Gasteiger partial charge in [0.2, 0.25) is 0 Å². The molecule has 0 bridgehead atoms. The zero-order valence-electron chi connectivity index (χ0n) is 7.73. The summed E-state index contributed by atoms with van der Waals surface area (Å²) in [6.45, 7) is 0. The molecule has 3 aromatic rings. The first-order valence-electron chi connectivity index (χ1n) is 4.55. The summed E-state index contributed by atoms with van der Waals surface area (Å²) in [7, 11) is 0. The first-order valence-corrected chi connectivity index (χ1v) is 4.55. The van der Waals surface area contributed by atoms with Gasteiger partial charge in [0.1, 0.15) is 17.0 Å². The molecule has 0 saturated carbocycles. The second-order valence-corrected chi connectivity index (χ2v) is 3.40. The minimum atomic E-state index is 0.121. The van der Waals surface area contributed by atoms with Gasteiger partial charge in [-0.25, -0.2) is 0 Å². The fourth-order valence-corrected chi connectivity index (χ4v) is 1.82. The van der Waals surface area contributed by atoms with Crippen molar-refractivity contribution in [1.82, 2.24) is 10.2 Å². The fraction of sp³-hybridized carbons (Fsp3) is 0. The summed E-state index contributed by atoms with van der Waals surface area (Å²) < 4.78 is 0. The molecule has 0 saturated heterocycles. The van der Waals surface area contributed by atoms with Gasteiger partial charge in [0.05, 0.1) is 11.6 Å². The number of H-pyrrole nitrogens is 1. The third kappa shape index (κ3) is 0.929. The molecule has 1 heterocycles. The van der Waals surface area contributed by atoms with E-state index in [1.54, 1.807) is 12.1 Å². The molecular formula is C11H8N2O2. The highest BCUT2D eigenvalue weighted by molar-refractivity contribution is 6.08. The van der Waals surface area contributed by atoms with E-state index in [0.717, 1.165) is 0 Å². The highest BCUT2D eigenvalue weighted by atomic mass is 16.3. The molecule has 4 heteroatoms. The summed E-state index contributed by atoms with van der Waals surface area (Å²) in [6.07, 6.45) is 1.50. The Hall–Kier alpha value is -2.23. The van der Waals surface area contributed by atoms with Crippen LogP contribution in [0.25, 0.3) is 21.7 Å². The summed E-state index contributed by atoms with van der Waals surface area (Å²) in [5, 5.41) is 28.1. The van der Waals surface area contributed by atoms with Gasteiger partial charge in [-0.3, -0.25) is 5.10 Å². The molecular weight excluding hydrogens is 192 g/mol. The Labute approximate surface area is 84.8 Å². The molecule has 0 fully saturated rings. The summed E-state index contributed by atoms with van der Waals surface area (Å²) in [5.41, 5.74) is 0.464. The molecule has 1 aromatic heterocycles. The molecule has 4 nitrogen and oxygen atoms in total. The molecule has 0 spiro atoms. The molecule has 3 rings (SSSR count). The second-order valence-electron chi connectivity index (χ2n) is 3.40. The molecule has 0 aliphatic heterocycles. The molecule has 0 aliphatic rings. The molecule has 0 aliphatic carbocycles. The van der Waals surface area contributed by atoms with Crippen molar-refractivity contribution in [1.29, 1.82) is 0 Å². The predicted molar refractivity (Wildman–Crippen MR) is 56.9 cm³/mol. The standard InChI is InChI=1S/C11H8N2O2/c14-10-6-3-1-2-4-7(6)11(15)9-8(10)5-12-13-9/h1-5,14-15H,(H,12,13). The number of hydrogen-bond acceptors (Lipinski definition) is 3. The van der Waals surface area contributed by atoms with Crippen molar-refractivity contribution < 1.29 is 10.2 Å². The van der Waals surface area contributed by atoms with Crippen LogP contribution in [0.4, 0.5) is 0 Å². The van der Waals surface area contributed by atoms with Crippen molar-refractivity contribution in [3.8, 4) is 11.5 Å². The zero-order valence-corrected chi connectivity index (χ0v) is 7.73. The molecule has 2 aromatic carbocycles. The maximum absolute atomic E-state index is 9.95. The van der Waals surface area contributed by atoms with Crippen LogP contribution in [-0.2, 0) is 0 Å². The van der Waals surface area contributed by atoms with Crippen LogP contribution < -0.4 is 0 Å². The lowest BCUT2D eigenvalue weighted by atomic mass is 10.1. The molecule has 0 radical (unpaired) electrons. The predicted octanol–water partition coefficient (Wildman–Crippen LogP) is 2.13. The van der Waals surface area contributed by atoms with Crippen LogP contribution >= 0.6 is 0 Å². The monoisotopic (exact) mass is 200 g/mol. The normalized spacial score (nSPS) is 11.2. The number of rotatable bonds is 0. The van der Waals surface area contributed by atoms with Crippen LogP contribution in [0.2, 0.25) is 0 Å². The summed E-state index contributed by atoms with van der Waals surface area (Å²) >= 11 is 0. The lowest BCUT2D eigenvalue weighted by Gasteiger charge is -2.04. The SMILES string of the molecule is Oc1c2ccccc2c(O)c2[nH]ncc12. The van der Waals surface area contributed by atoms with Crippen molar-refractivity contribution in [2.24, 2.45) is 0 Å². The van der Waals surface area contributed by atoms with E-state index in [1.165, 1.54) is 6.20 Å². The van der Waals surface area contributed by atoms with Gasteiger partial charge in [0, 0.05) is 10.8 Å². The van der Waals surface area contributed by atoms with Crippen LogP contribution in [0.5, 0.6) is 11.5 Å². The van der Waals surface area contributed by atoms with Gasteiger partial charge in [-0.2, -0.15) is 5.10 Å². The summed E-state index contributed by atoms with van der Waals surface area (Å²) in [5.74, 6) is 0.267. The van der Waals surface area contributed by atoms with Crippen molar-refractivity contribution in [2.75, 3.05) is 0 Å². The first-order chi connectivity index (χ1) is 7.29. The highest BCUT2D eigenvalue weighted by Crippen LogP contribution is 2.39. The lowest BCUT2D eigenvalue weighted by Crippen LogP contribution is -1.78. The van der Waals surface area contributed by atoms with E-state index in [9.17, 15) is 10.2 Å². The van der Waals surface area contributed by atoms with E-state index in [4.69, 9.17) is 0 Å². The van der Waals surface area contributed by atoms with Gasteiger partial charge in [-0.1, -0.05) is 24.3 Å². The van der Waals surface area contributed by atoms with Gasteiger partial charge >= 0.3 is 0 Å². The topological polar surface area (TPSA) is 69.1 Å². The number of benzene rings is 2. The quantitative estimate of drug-likeness (QED) is 0.487. The number of aromatic nitrogens is 2. The Morgan fingerprint density at radius 1 is 0.933 bits per heavy atom. The summed E-state index contributed by atoms with van der Waals surface area (Å²) in [6, 6.07) is 7.14. The molecule has 0 unspecified atom stereocenters. The van der Waals surface area contributed by atoms with Gasteiger partial charge in [0.15, 0.2) is 0 Å². The van der Waals surface area contributed by atoms with Crippen LogP contribution in [0.3, 0.4) is 0 Å². The van der Waals surface area contributed by atoms with Gasteiger partial charge in [0.25, 0.3) is 0 Å². The largest absolute Gasteiger partial charge is 0.507 e. The number of phenolic OH excluding ortho intramolecular Hbond substituents is 2. The Morgan fingerprint density at radius 2 is 1.60 bits per heavy atom. The number of nitrogens with zero attached hydrogens (tertiary/aromatic N) is 1. The molecule has 74 valence electrons. The fourth-order valence-electron chi connectivity index (χ4n) is 1.82. The van der Waals surface area contributed by atoms with Crippen LogP contribution in [-0.4, -0.2) is 20.4 Å². The van der Waals surface area contributed by atoms with Crippen molar-refractivity contribution in [3.05, 3.63) is 30.5 Å². The number of nitrogens with one attached hydrogen (secondary N) is 1. The Kier molecular flexibility index (Phi) is 1.42. The Morgan fingerprint density at radius 3 is 2.33 bits per heavy atom. The van der Waals surface area contributed by atoms with E-state index in [0.29, 0.717) is 21.7 Å². The number of phenols is 2. The summed E-state index contributed by atoms with van der Waals surface area (Å²) in [4.78, 5) is 0. The van der Waals surface area contributed by atoms with Crippen molar-refractivity contribution in [3.63, 3.8) is 0 Å². The minimum absolute atomic E-state index is 0.121. The average Bonchev–Trinajstić information content (AvgIpc) is 2.75. The average molecular weight is 200 g/mol. The van der Waals surface area contributed by atoms with Crippen LogP contribution in [0, 0.1) is 0 Å². The third-order valence-corrected chi connectivity index (χ3v) is 2.57. The Balaban J connectivity index is 2.69. The molecule has 15 heavy (non-hydrogen) atoms. The van der Waals surface area contributed by atoms with Crippen molar-refractivity contribution >= 4 is 21.7 Å². The molecule has 0 atom stereocenters. The van der Waals surface area contributed by atoms with E-state index >= 15 is 0 Å². The first kappa shape index (κ1) is 8.11. The zero-order chi connectivity index (χ0) is 10.4. The van der Waals surface area contributed by atoms with E-state index in [-0.39, 0.29) is 11.5 Å².